The Labute approximate surface area is 223 Å². The standard InChI is InChI=1S/C31H34N2O5/c1-36-24-11-7-22(8-12-24)6-9-23-10-13-25(37-2)21-29(23)33-30(34)27-15-14-26(20-28(27)31(33)35)38-19-18-32-16-4-3-5-17-32/h7-8,10-15,20-21H,3-6,9,16-19H2,1-2H3. The van der Waals surface area contributed by atoms with Crippen LogP contribution in [-0.4, -0.2) is 57.2 Å². The number of carbonyl (C=O) groups excluding carboxylic acids is 2. The molecule has 7 heteroatoms. The van der Waals surface area contributed by atoms with Crippen LogP contribution < -0.4 is 19.1 Å². The lowest BCUT2D eigenvalue weighted by atomic mass is 10.0. The van der Waals surface area contributed by atoms with Crippen molar-refractivity contribution in [3.8, 4) is 17.2 Å². The third kappa shape index (κ3) is 5.53. The normalized spacial score (nSPS) is 15.5. The van der Waals surface area contributed by atoms with Crippen molar-refractivity contribution in [3.05, 3.63) is 82.9 Å². The molecule has 38 heavy (non-hydrogen) atoms. The van der Waals surface area contributed by atoms with E-state index < -0.39 is 0 Å². The molecule has 2 heterocycles. The van der Waals surface area contributed by atoms with Gasteiger partial charge in [0.15, 0.2) is 0 Å². The fourth-order valence-electron chi connectivity index (χ4n) is 5.17. The van der Waals surface area contributed by atoms with E-state index in [9.17, 15) is 9.59 Å². The molecule has 0 unspecified atom stereocenters. The number of anilines is 1. The molecule has 2 aliphatic heterocycles. The minimum absolute atomic E-state index is 0.330. The molecule has 0 aliphatic carbocycles. The molecular formula is C31H34N2O5. The second-order valence-corrected chi connectivity index (χ2v) is 9.75. The first-order valence-corrected chi connectivity index (χ1v) is 13.2. The smallest absolute Gasteiger partial charge is 0.266 e. The average Bonchev–Trinajstić information content (AvgIpc) is 3.21. The van der Waals surface area contributed by atoms with Crippen molar-refractivity contribution in [2.24, 2.45) is 0 Å². The SMILES string of the molecule is COc1ccc(CCc2ccc(OC)cc2N2C(=O)c3ccc(OCCN4CCCCC4)cc3C2=O)cc1. The molecule has 0 radical (unpaired) electrons. The number of ether oxygens (including phenoxy) is 3. The van der Waals surface area contributed by atoms with E-state index in [0.29, 0.717) is 41.3 Å². The minimum Gasteiger partial charge on any atom is -0.497 e. The number of methoxy groups -OCH3 is 2. The Hall–Kier alpha value is -3.84. The first kappa shape index (κ1) is 25.8. The van der Waals surface area contributed by atoms with Gasteiger partial charge in [-0.25, -0.2) is 4.90 Å². The van der Waals surface area contributed by atoms with Crippen molar-refractivity contribution in [1.82, 2.24) is 4.90 Å². The number of benzene rings is 3. The Bertz CT molecular complexity index is 1300. The highest BCUT2D eigenvalue weighted by Crippen LogP contribution is 2.35. The van der Waals surface area contributed by atoms with E-state index in [1.165, 1.54) is 24.2 Å². The van der Waals surface area contributed by atoms with Crippen LogP contribution in [0.15, 0.2) is 60.7 Å². The van der Waals surface area contributed by atoms with Gasteiger partial charge in [0.1, 0.15) is 23.9 Å². The Balaban J connectivity index is 1.33. The Kier molecular flexibility index (Phi) is 7.94. The van der Waals surface area contributed by atoms with Crippen molar-refractivity contribution < 1.29 is 23.8 Å². The molecule has 0 bridgehead atoms. The van der Waals surface area contributed by atoms with Gasteiger partial charge in [-0.2, -0.15) is 0 Å². The number of imide groups is 1. The fraction of sp³-hybridized carbons (Fsp3) is 0.355. The summed E-state index contributed by atoms with van der Waals surface area (Å²) in [6.45, 7) is 3.63. The summed E-state index contributed by atoms with van der Waals surface area (Å²) in [6, 6.07) is 18.6. The lowest BCUT2D eigenvalue weighted by Gasteiger charge is -2.26. The van der Waals surface area contributed by atoms with Crippen LogP contribution >= 0.6 is 0 Å². The maximum Gasteiger partial charge on any atom is 0.266 e. The molecule has 5 rings (SSSR count). The van der Waals surface area contributed by atoms with Crippen LogP contribution in [0.3, 0.4) is 0 Å². The summed E-state index contributed by atoms with van der Waals surface area (Å²) in [7, 11) is 3.22. The van der Waals surface area contributed by atoms with Gasteiger partial charge in [0.25, 0.3) is 11.8 Å². The lowest BCUT2D eigenvalue weighted by molar-refractivity contribution is 0.0925. The lowest BCUT2D eigenvalue weighted by Crippen LogP contribution is -2.33. The van der Waals surface area contributed by atoms with Crippen LogP contribution in [0.2, 0.25) is 0 Å². The molecule has 3 aromatic carbocycles. The van der Waals surface area contributed by atoms with Gasteiger partial charge in [-0.15, -0.1) is 0 Å². The first-order valence-electron chi connectivity index (χ1n) is 13.2. The maximum absolute atomic E-state index is 13.6. The summed E-state index contributed by atoms with van der Waals surface area (Å²) in [5.41, 5.74) is 3.35. The molecule has 1 saturated heterocycles. The van der Waals surface area contributed by atoms with Gasteiger partial charge >= 0.3 is 0 Å². The maximum atomic E-state index is 13.6. The first-order chi connectivity index (χ1) is 18.6. The minimum atomic E-state index is -0.342. The quantitative estimate of drug-likeness (QED) is 0.349. The number of amides is 2. The van der Waals surface area contributed by atoms with E-state index in [2.05, 4.69) is 4.90 Å². The molecule has 0 spiro atoms. The molecule has 0 atom stereocenters. The molecule has 3 aromatic rings. The van der Waals surface area contributed by atoms with Crippen molar-refractivity contribution >= 4 is 17.5 Å². The predicted octanol–water partition coefficient (Wildman–Crippen LogP) is 5.15. The third-order valence-electron chi connectivity index (χ3n) is 7.36. The van der Waals surface area contributed by atoms with Crippen LogP contribution in [-0.2, 0) is 12.8 Å². The van der Waals surface area contributed by atoms with E-state index in [-0.39, 0.29) is 11.8 Å². The monoisotopic (exact) mass is 514 g/mol. The van der Waals surface area contributed by atoms with Crippen molar-refractivity contribution in [3.63, 3.8) is 0 Å². The van der Waals surface area contributed by atoms with Gasteiger partial charge in [0.2, 0.25) is 0 Å². The summed E-state index contributed by atoms with van der Waals surface area (Å²) in [6.07, 6.45) is 5.17. The summed E-state index contributed by atoms with van der Waals surface area (Å²) in [5, 5.41) is 0. The zero-order valence-electron chi connectivity index (χ0n) is 22.1. The Morgan fingerprint density at radius 2 is 1.39 bits per heavy atom. The van der Waals surface area contributed by atoms with Gasteiger partial charge in [-0.05, 0) is 86.3 Å². The molecule has 1 fully saturated rings. The number of carbonyl (C=O) groups is 2. The molecule has 0 saturated carbocycles. The number of hydrogen-bond donors (Lipinski definition) is 0. The third-order valence-corrected chi connectivity index (χ3v) is 7.36. The van der Waals surface area contributed by atoms with Gasteiger partial charge in [0.05, 0.1) is 31.0 Å². The van der Waals surface area contributed by atoms with Crippen LogP contribution in [0.25, 0.3) is 0 Å². The van der Waals surface area contributed by atoms with E-state index in [0.717, 1.165) is 42.9 Å². The fourth-order valence-corrected chi connectivity index (χ4v) is 5.17. The number of hydrogen-bond acceptors (Lipinski definition) is 6. The van der Waals surface area contributed by atoms with Gasteiger partial charge in [0, 0.05) is 12.6 Å². The van der Waals surface area contributed by atoms with E-state index >= 15 is 0 Å². The highest BCUT2D eigenvalue weighted by atomic mass is 16.5. The molecule has 2 aliphatic rings. The van der Waals surface area contributed by atoms with E-state index in [1.54, 1.807) is 38.5 Å². The summed E-state index contributed by atoms with van der Waals surface area (Å²) in [5.74, 6) is 1.33. The van der Waals surface area contributed by atoms with Crippen LogP contribution in [0.4, 0.5) is 5.69 Å². The van der Waals surface area contributed by atoms with Crippen LogP contribution in [0.5, 0.6) is 17.2 Å². The highest BCUT2D eigenvalue weighted by Gasteiger charge is 2.38. The zero-order chi connectivity index (χ0) is 26.5. The largest absolute Gasteiger partial charge is 0.497 e. The molecule has 0 N–H and O–H groups in total. The van der Waals surface area contributed by atoms with Gasteiger partial charge < -0.3 is 14.2 Å². The van der Waals surface area contributed by atoms with E-state index in [1.807, 2.05) is 36.4 Å². The summed E-state index contributed by atoms with van der Waals surface area (Å²) in [4.78, 5) is 30.7. The topological polar surface area (TPSA) is 68.3 Å². The van der Waals surface area contributed by atoms with Gasteiger partial charge in [-0.1, -0.05) is 24.6 Å². The number of nitrogens with zero attached hydrogens (tertiary/aromatic N) is 2. The average molecular weight is 515 g/mol. The second-order valence-electron chi connectivity index (χ2n) is 9.75. The molecule has 2 amide bonds. The second kappa shape index (κ2) is 11.7. The highest BCUT2D eigenvalue weighted by molar-refractivity contribution is 6.34. The molecule has 0 aromatic heterocycles. The van der Waals surface area contributed by atoms with Crippen molar-refractivity contribution in [1.29, 1.82) is 0 Å². The molecular weight excluding hydrogens is 480 g/mol. The Morgan fingerprint density at radius 1 is 0.711 bits per heavy atom. The summed E-state index contributed by atoms with van der Waals surface area (Å²) < 4.78 is 16.7. The van der Waals surface area contributed by atoms with Crippen LogP contribution in [0, 0.1) is 0 Å². The van der Waals surface area contributed by atoms with Gasteiger partial charge in [-0.3, -0.25) is 14.5 Å². The van der Waals surface area contributed by atoms with Crippen molar-refractivity contribution in [2.45, 2.75) is 32.1 Å². The van der Waals surface area contributed by atoms with E-state index in [4.69, 9.17) is 14.2 Å². The molecule has 198 valence electrons. The number of piperidine rings is 1. The summed E-state index contributed by atoms with van der Waals surface area (Å²) >= 11 is 0. The number of likely N-dealkylation sites (tertiary alicyclic amines) is 1. The van der Waals surface area contributed by atoms with Crippen molar-refractivity contribution in [2.75, 3.05) is 45.4 Å². The predicted molar refractivity (Wildman–Crippen MR) is 147 cm³/mol. The molecule has 7 nitrogen and oxygen atoms in total. The zero-order valence-corrected chi connectivity index (χ0v) is 22.1. The number of aryl methyl sites for hydroxylation is 2. The van der Waals surface area contributed by atoms with Crippen LogP contribution in [0.1, 0.15) is 51.1 Å². The number of rotatable bonds is 10. The number of fused-ring (bicyclic) bond motifs is 1. The Morgan fingerprint density at radius 3 is 2.13 bits per heavy atom.